The van der Waals surface area contributed by atoms with Crippen LogP contribution in [0.25, 0.3) is 0 Å². The molecule has 1 rings (SSSR count). The fraction of sp³-hybridized carbons (Fsp3) is 0.833. The molecule has 0 aliphatic carbocycles. The monoisotopic (exact) mass is 259 g/mol. The fourth-order valence-electron chi connectivity index (χ4n) is 1.88. The summed E-state index contributed by atoms with van der Waals surface area (Å²) in [5.41, 5.74) is -1.80. The molecular weight excluding hydrogens is 238 g/mol. The van der Waals surface area contributed by atoms with Gasteiger partial charge in [-0.05, 0) is 13.8 Å². The van der Waals surface area contributed by atoms with Crippen LogP contribution in [0, 0.1) is 0 Å². The minimum atomic E-state index is -1.20. The highest BCUT2D eigenvalue weighted by molar-refractivity contribution is 5.87. The maximum absolute atomic E-state index is 11.9. The van der Waals surface area contributed by atoms with Crippen LogP contribution in [-0.4, -0.2) is 48.4 Å². The first kappa shape index (κ1) is 14.9. The molecule has 0 aromatic carbocycles. The van der Waals surface area contributed by atoms with Crippen molar-refractivity contribution in [1.82, 2.24) is 5.32 Å². The smallest absolute Gasteiger partial charge is 0.329 e. The van der Waals surface area contributed by atoms with Gasteiger partial charge >= 0.3 is 5.97 Å². The van der Waals surface area contributed by atoms with Gasteiger partial charge in [-0.3, -0.25) is 4.79 Å². The Balaban J connectivity index is 2.67. The Hall–Kier alpha value is -1.14. The second-order valence-electron chi connectivity index (χ2n) is 5.19. The summed E-state index contributed by atoms with van der Waals surface area (Å²) in [6.07, 6.45) is 0.711. The molecule has 104 valence electrons. The van der Waals surface area contributed by atoms with Crippen molar-refractivity contribution in [3.8, 4) is 0 Å². The van der Waals surface area contributed by atoms with Crippen LogP contribution >= 0.6 is 0 Å². The lowest BCUT2D eigenvalue weighted by Crippen LogP contribution is -2.58. The van der Waals surface area contributed by atoms with E-state index >= 15 is 0 Å². The van der Waals surface area contributed by atoms with Crippen LogP contribution in [0.2, 0.25) is 0 Å². The molecule has 2 N–H and O–H groups in total. The molecule has 0 aromatic rings. The maximum atomic E-state index is 11.9. The van der Waals surface area contributed by atoms with Crippen molar-refractivity contribution in [2.24, 2.45) is 0 Å². The molecule has 0 atom stereocenters. The van der Waals surface area contributed by atoms with Crippen molar-refractivity contribution >= 4 is 11.9 Å². The van der Waals surface area contributed by atoms with E-state index in [2.05, 4.69) is 5.32 Å². The van der Waals surface area contributed by atoms with Crippen molar-refractivity contribution in [2.75, 3.05) is 20.3 Å². The quantitative estimate of drug-likeness (QED) is 0.753. The van der Waals surface area contributed by atoms with Crippen LogP contribution in [0.15, 0.2) is 0 Å². The summed E-state index contributed by atoms with van der Waals surface area (Å²) in [6.45, 7) is 4.26. The Morgan fingerprint density at radius 3 is 2.39 bits per heavy atom. The molecule has 1 fully saturated rings. The third kappa shape index (κ3) is 3.68. The van der Waals surface area contributed by atoms with Crippen LogP contribution in [0.5, 0.6) is 0 Å². The molecule has 1 saturated heterocycles. The summed E-state index contributed by atoms with van der Waals surface area (Å²) in [5, 5.41) is 11.9. The van der Waals surface area contributed by atoms with Gasteiger partial charge in [-0.2, -0.15) is 0 Å². The zero-order valence-electron chi connectivity index (χ0n) is 11.1. The highest BCUT2D eigenvalue weighted by Crippen LogP contribution is 2.22. The number of hydrogen-bond donors (Lipinski definition) is 2. The Bertz CT molecular complexity index is 320. The van der Waals surface area contributed by atoms with Gasteiger partial charge in [0.15, 0.2) is 0 Å². The lowest BCUT2D eigenvalue weighted by Gasteiger charge is -2.35. The Labute approximate surface area is 107 Å². The number of nitrogens with one attached hydrogen (secondary N) is 1. The van der Waals surface area contributed by atoms with Crippen molar-refractivity contribution < 1.29 is 24.2 Å². The third-order valence-corrected chi connectivity index (χ3v) is 3.27. The number of carbonyl (C=O) groups excluding carboxylic acids is 1. The van der Waals surface area contributed by atoms with Crippen LogP contribution in [0.3, 0.4) is 0 Å². The molecule has 18 heavy (non-hydrogen) atoms. The average Bonchev–Trinajstić information content (AvgIpc) is 2.29. The van der Waals surface area contributed by atoms with Crippen LogP contribution in [0.4, 0.5) is 0 Å². The summed E-state index contributed by atoms with van der Waals surface area (Å²) in [4.78, 5) is 23.2. The summed E-state index contributed by atoms with van der Waals surface area (Å²) >= 11 is 0. The van der Waals surface area contributed by atoms with Gasteiger partial charge in [0.2, 0.25) is 5.91 Å². The Kier molecular flexibility index (Phi) is 4.70. The summed E-state index contributed by atoms with van der Waals surface area (Å²) < 4.78 is 10.3. The van der Waals surface area contributed by atoms with E-state index in [-0.39, 0.29) is 12.3 Å². The maximum Gasteiger partial charge on any atom is 0.329 e. The number of hydrogen-bond acceptors (Lipinski definition) is 4. The van der Waals surface area contributed by atoms with E-state index in [1.807, 2.05) is 0 Å². The van der Waals surface area contributed by atoms with Gasteiger partial charge in [0, 0.05) is 33.2 Å². The topological polar surface area (TPSA) is 84.9 Å². The van der Waals surface area contributed by atoms with Gasteiger partial charge in [0.05, 0.1) is 12.0 Å². The van der Waals surface area contributed by atoms with E-state index in [4.69, 9.17) is 9.47 Å². The van der Waals surface area contributed by atoms with Crippen molar-refractivity contribution in [2.45, 2.75) is 44.2 Å². The minimum absolute atomic E-state index is 0.124. The normalized spacial score (nSPS) is 19.3. The second kappa shape index (κ2) is 5.67. The molecule has 6 heteroatoms. The number of aliphatic carboxylic acids is 1. The van der Waals surface area contributed by atoms with Crippen LogP contribution in [0.1, 0.15) is 33.1 Å². The van der Waals surface area contributed by atoms with Crippen LogP contribution in [-0.2, 0) is 19.1 Å². The standard InChI is InChI=1S/C12H21NO5/c1-11(2,17-3)8-9(14)13-12(10(15)16)4-6-18-7-5-12/h4-8H2,1-3H3,(H,13,14)(H,15,16). The molecule has 6 nitrogen and oxygen atoms in total. The van der Waals surface area contributed by atoms with E-state index in [1.165, 1.54) is 7.11 Å². The zero-order chi connectivity index (χ0) is 13.8. The molecule has 0 radical (unpaired) electrons. The Morgan fingerprint density at radius 1 is 1.39 bits per heavy atom. The molecule has 1 amide bonds. The van der Waals surface area contributed by atoms with E-state index < -0.39 is 17.1 Å². The molecule has 0 spiro atoms. The number of methoxy groups -OCH3 is 1. The lowest BCUT2D eigenvalue weighted by molar-refractivity contribution is -0.153. The molecule has 1 aliphatic rings. The number of carboxylic acids is 1. The third-order valence-electron chi connectivity index (χ3n) is 3.27. The zero-order valence-corrected chi connectivity index (χ0v) is 11.1. The predicted molar refractivity (Wildman–Crippen MR) is 64.3 cm³/mol. The first-order valence-electron chi connectivity index (χ1n) is 5.99. The lowest BCUT2D eigenvalue weighted by atomic mass is 9.89. The fourth-order valence-corrected chi connectivity index (χ4v) is 1.88. The summed E-state index contributed by atoms with van der Waals surface area (Å²) in [5.74, 6) is -1.32. The number of rotatable bonds is 5. The molecular formula is C12H21NO5. The largest absolute Gasteiger partial charge is 0.480 e. The van der Waals surface area contributed by atoms with E-state index in [9.17, 15) is 14.7 Å². The van der Waals surface area contributed by atoms with Gasteiger partial charge < -0.3 is 19.9 Å². The van der Waals surface area contributed by atoms with Gasteiger partial charge in [0.1, 0.15) is 5.54 Å². The summed E-state index contributed by atoms with van der Waals surface area (Å²) in [7, 11) is 1.52. The SMILES string of the molecule is COC(C)(C)CC(=O)NC1(C(=O)O)CCOCC1. The molecule has 0 saturated carbocycles. The molecule has 0 unspecified atom stereocenters. The Morgan fingerprint density at radius 2 is 1.94 bits per heavy atom. The number of ether oxygens (including phenoxy) is 2. The highest BCUT2D eigenvalue weighted by Gasteiger charge is 2.42. The van der Waals surface area contributed by atoms with Gasteiger partial charge in [0.25, 0.3) is 0 Å². The predicted octanol–water partition coefficient (Wildman–Crippen LogP) is 0.551. The van der Waals surface area contributed by atoms with Gasteiger partial charge in [-0.25, -0.2) is 4.79 Å². The van der Waals surface area contributed by atoms with E-state index in [0.717, 1.165) is 0 Å². The van der Waals surface area contributed by atoms with Crippen molar-refractivity contribution in [3.63, 3.8) is 0 Å². The number of carboxylic acid groups (broad SMARTS) is 1. The molecule has 1 heterocycles. The van der Waals surface area contributed by atoms with Crippen molar-refractivity contribution in [1.29, 1.82) is 0 Å². The number of carbonyl (C=O) groups is 2. The summed E-state index contributed by atoms with van der Waals surface area (Å²) in [6, 6.07) is 0. The number of amides is 1. The average molecular weight is 259 g/mol. The molecule has 1 aliphatic heterocycles. The minimum Gasteiger partial charge on any atom is -0.480 e. The van der Waals surface area contributed by atoms with Gasteiger partial charge in [-0.15, -0.1) is 0 Å². The van der Waals surface area contributed by atoms with E-state index in [0.29, 0.717) is 26.1 Å². The highest BCUT2D eigenvalue weighted by atomic mass is 16.5. The van der Waals surface area contributed by atoms with E-state index in [1.54, 1.807) is 13.8 Å². The first-order valence-corrected chi connectivity index (χ1v) is 5.99. The molecule has 0 bridgehead atoms. The van der Waals surface area contributed by atoms with Crippen LogP contribution < -0.4 is 5.32 Å². The van der Waals surface area contributed by atoms with Crippen molar-refractivity contribution in [3.05, 3.63) is 0 Å². The molecule has 0 aromatic heterocycles. The second-order valence-corrected chi connectivity index (χ2v) is 5.19. The first-order chi connectivity index (χ1) is 8.31. The van der Waals surface area contributed by atoms with Gasteiger partial charge in [-0.1, -0.05) is 0 Å².